The zero-order valence-electron chi connectivity index (χ0n) is 12.8. The first kappa shape index (κ1) is 15.8. The monoisotopic (exact) mass is 265 g/mol. The normalized spacial score (nSPS) is 14.4. The van der Waals surface area contributed by atoms with Gasteiger partial charge >= 0.3 is 0 Å². The van der Waals surface area contributed by atoms with E-state index in [1.165, 1.54) is 12.0 Å². The van der Waals surface area contributed by atoms with Gasteiger partial charge in [0.05, 0.1) is 7.11 Å². The molecular formula is C16H27NO2. The molecule has 1 rings (SSSR count). The van der Waals surface area contributed by atoms with Crippen molar-refractivity contribution in [1.29, 1.82) is 0 Å². The molecule has 3 nitrogen and oxygen atoms in total. The molecule has 0 aliphatic carbocycles. The summed E-state index contributed by atoms with van der Waals surface area (Å²) in [7, 11) is 1.58. The van der Waals surface area contributed by atoms with Crippen LogP contribution in [0.3, 0.4) is 0 Å². The molecule has 2 unspecified atom stereocenters. The maximum Gasteiger partial charge on any atom is 0.160 e. The molecule has 0 amide bonds. The van der Waals surface area contributed by atoms with Crippen LogP contribution in [0.15, 0.2) is 18.2 Å². The highest BCUT2D eigenvalue weighted by Gasteiger charge is 2.17. The predicted molar refractivity (Wildman–Crippen MR) is 79.8 cm³/mol. The number of rotatable bonds is 7. The number of aromatic hydroxyl groups is 1. The maximum atomic E-state index is 9.66. The minimum absolute atomic E-state index is 0.198. The van der Waals surface area contributed by atoms with E-state index in [-0.39, 0.29) is 5.75 Å². The van der Waals surface area contributed by atoms with Crippen molar-refractivity contribution in [3.63, 3.8) is 0 Å². The maximum absolute atomic E-state index is 9.66. The molecule has 0 aliphatic rings. The smallest absolute Gasteiger partial charge is 0.160 e. The van der Waals surface area contributed by atoms with Crippen molar-refractivity contribution >= 4 is 0 Å². The molecule has 0 aliphatic heterocycles. The van der Waals surface area contributed by atoms with Gasteiger partial charge < -0.3 is 9.84 Å². The second kappa shape index (κ2) is 7.39. The Morgan fingerprint density at radius 2 is 1.95 bits per heavy atom. The lowest BCUT2D eigenvalue weighted by Crippen LogP contribution is -2.31. The van der Waals surface area contributed by atoms with E-state index in [0.717, 1.165) is 13.1 Å². The van der Waals surface area contributed by atoms with E-state index in [9.17, 15) is 5.11 Å². The molecular weight excluding hydrogens is 238 g/mol. The summed E-state index contributed by atoms with van der Waals surface area (Å²) in [5.74, 6) is 1.44. The lowest BCUT2D eigenvalue weighted by molar-refractivity contribution is 0.190. The highest BCUT2D eigenvalue weighted by Crippen LogP contribution is 2.31. The molecule has 0 spiro atoms. The summed E-state index contributed by atoms with van der Waals surface area (Å²) in [6.45, 7) is 11.0. The lowest BCUT2D eigenvalue weighted by atomic mass is 10.0. The van der Waals surface area contributed by atoms with Crippen molar-refractivity contribution in [2.75, 3.05) is 20.2 Å². The molecule has 0 saturated heterocycles. The predicted octanol–water partition coefficient (Wildman–Crippen LogP) is 3.83. The molecule has 3 heteroatoms. The molecule has 19 heavy (non-hydrogen) atoms. The summed E-state index contributed by atoms with van der Waals surface area (Å²) >= 11 is 0. The van der Waals surface area contributed by atoms with E-state index in [1.54, 1.807) is 13.2 Å². The number of ether oxygens (including phenoxy) is 1. The summed E-state index contributed by atoms with van der Waals surface area (Å²) in [5, 5.41) is 9.66. The third-order valence-corrected chi connectivity index (χ3v) is 3.88. The molecule has 0 saturated carbocycles. The minimum Gasteiger partial charge on any atom is -0.504 e. The first-order valence-electron chi connectivity index (χ1n) is 7.14. The second-order valence-corrected chi connectivity index (χ2v) is 5.21. The average Bonchev–Trinajstić information content (AvgIpc) is 2.44. The number of benzene rings is 1. The Morgan fingerprint density at radius 3 is 2.47 bits per heavy atom. The van der Waals surface area contributed by atoms with Gasteiger partial charge in [-0.25, -0.2) is 0 Å². The summed E-state index contributed by atoms with van der Waals surface area (Å²) in [4.78, 5) is 2.46. The molecule has 0 fully saturated rings. The number of phenolic OH excluding ortho intramolecular Hbond substituents is 1. The van der Waals surface area contributed by atoms with E-state index in [1.807, 2.05) is 12.1 Å². The molecule has 0 aromatic heterocycles. The van der Waals surface area contributed by atoms with Gasteiger partial charge in [0, 0.05) is 12.6 Å². The third-order valence-electron chi connectivity index (χ3n) is 3.88. The number of nitrogens with zero attached hydrogens (tertiary/aromatic N) is 1. The van der Waals surface area contributed by atoms with Crippen LogP contribution in [0.4, 0.5) is 0 Å². The van der Waals surface area contributed by atoms with Gasteiger partial charge in [0.2, 0.25) is 0 Å². The molecule has 0 bridgehead atoms. The zero-order valence-corrected chi connectivity index (χ0v) is 12.8. The summed E-state index contributed by atoms with van der Waals surface area (Å²) in [6, 6.07) is 5.94. The molecule has 1 aromatic rings. The van der Waals surface area contributed by atoms with Gasteiger partial charge in [-0.05, 0) is 37.1 Å². The van der Waals surface area contributed by atoms with Crippen molar-refractivity contribution < 1.29 is 9.84 Å². The van der Waals surface area contributed by atoms with Gasteiger partial charge in [-0.3, -0.25) is 4.90 Å². The van der Waals surface area contributed by atoms with Crippen LogP contribution in [0.5, 0.6) is 11.5 Å². The molecule has 108 valence electrons. The van der Waals surface area contributed by atoms with Gasteiger partial charge in [-0.15, -0.1) is 0 Å². The Kier molecular flexibility index (Phi) is 6.16. The minimum atomic E-state index is 0.198. The Bertz CT molecular complexity index is 392. The summed E-state index contributed by atoms with van der Waals surface area (Å²) < 4.78 is 5.18. The highest BCUT2D eigenvalue weighted by atomic mass is 16.5. The third kappa shape index (κ3) is 4.13. The summed E-state index contributed by atoms with van der Waals surface area (Å²) in [6.07, 6.45) is 1.20. The van der Waals surface area contributed by atoms with E-state index in [2.05, 4.69) is 32.6 Å². The first-order valence-corrected chi connectivity index (χ1v) is 7.14. The van der Waals surface area contributed by atoms with Crippen molar-refractivity contribution in [1.82, 2.24) is 4.90 Å². The fourth-order valence-corrected chi connectivity index (χ4v) is 2.26. The van der Waals surface area contributed by atoms with Crippen LogP contribution in [0, 0.1) is 5.92 Å². The van der Waals surface area contributed by atoms with Crippen LogP contribution in [-0.4, -0.2) is 30.2 Å². The van der Waals surface area contributed by atoms with E-state index < -0.39 is 0 Å². The molecule has 1 aromatic carbocycles. The lowest BCUT2D eigenvalue weighted by Gasteiger charge is -2.30. The number of hydrogen-bond donors (Lipinski definition) is 1. The van der Waals surface area contributed by atoms with Crippen LogP contribution in [0.2, 0.25) is 0 Å². The van der Waals surface area contributed by atoms with Gasteiger partial charge in [-0.2, -0.15) is 0 Å². The fourth-order valence-electron chi connectivity index (χ4n) is 2.26. The van der Waals surface area contributed by atoms with Crippen LogP contribution >= 0.6 is 0 Å². The Hall–Kier alpha value is -1.22. The van der Waals surface area contributed by atoms with Crippen molar-refractivity contribution in [2.24, 2.45) is 5.92 Å². The molecule has 0 heterocycles. The van der Waals surface area contributed by atoms with Crippen molar-refractivity contribution in [2.45, 2.75) is 40.2 Å². The zero-order chi connectivity index (χ0) is 14.4. The SMILES string of the molecule is CCC(C)CN(CC)C(C)c1ccc(O)c(OC)c1. The van der Waals surface area contributed by atoms with E-state index in [0.29, 0.717) is 17.7 Å². The molecule has 1 N–H and O–H groups in total. The fraction of sp³-hybridized carbons (Fsp3) is 0.625. The van der Waals surface area contributed by atoms with Crippen LogP contribution in [-0.2, 0) is 0 Å². The van der Waals surface area contributed by atoms with Gasteiger partial charge in [0.1, 0.15) is 0 Å². The largest absolute Gasteiger partial charge is 0.504 e. The summed E-state index contributed by atoms with van der Waals surface area (Å²) in [5.41, 5.74) is 1.18. The molecule has 0 radical (unpaired) electrons. The first-order chi connectivity index (χ1) is 9.03. The Morgan fingerprint density at radius 1 is 1.26 bits per heavy atom. The number of hydrogen-bond acceptors (Lipinski definition) is 3. The standard InChI is InChI=1S/C16H27NO2/c1-6-12(3)11-17(7-2)13(4)14-8-9-15(18)16(10-14)19-5/h8-10,12-13,18H,6-7,11H2,1-5H3. The van der Waals surface area contributed by atoms with E-state index >= 15 is 0 Å². The van der Waals surface area contributed by atoms with Crippen molar-refractivity contribution in [3.8, 4) is 11.5 Å². The van der Waals surface area contributed by atoms with Gasteiger partial charge in [0.25, 0.3) is 0 Å². The quantitative estimate of drug-likeness (QED) is 0.813. The van der Waals surface area contributed by atoms with Crippen molar-refractivity contribution in [3.05, 3.63) is 23.8 Å². The highest BCUT2D eigenvalue weighted by molar-refractivity contribution is 5.42. The van der Waals surface area contributed by atoms with Crippen LogP contribution in [0.25, 0.3) is 0 Å². The van der Waals surface area contributed by atoms with Crippen LogP contribution in [0.1, 0.15) is 45.7 Å². The average molecular weight is 265 g/mol. The number of phenols is 1. The number of methoxy groups -OCH3 is 1. The van der Waals surface area contributed by atoms with Gasteiger partial charge in [-0.1, -0.05) is 33.3 Å². The topological polar surface area (TPSA) is 32.7 Å². The second-order valence-electron chi connectivity index (χ2n) is 5.21. The van der Waals surface area contributed by atoms with Crippen LogP contribution < -0.4 is 4.74 Å². The van der Waals surface area contributed by atoms with E-state index in [4.69, 9.17) is 4.74 Å². The molecule has 2 atom stereocenters. The Labute approximate surface area is 117 Å². The Balaban J connectivity index is 2.87. The van der Waals surface area contributed by atoms with Gasteiger partial charge in [0.15, 0.2) is 11.5 Å².